The average molecular weight is 411 g/mol. The zero-order valence-corrected chi connectivity index (χ0v) is 16.0. The van der Waals surface area contributed by atoms with E-state index in [1.165, 1.54) is 13.8 Å². The Morgan fingerprint density at radius 2 is 1.82 bits per heavy atom. The molecule has 1 heterocycles. The molecule has 3 rings (SSSR count). The Morgan fingerprint density at radius 1 is 1.14 bits per heavy atom. The Kier molecular flexibility index (Phi) is 5.39. The molecule has 0 unspecified atom stereocenters. The van der Waals surface area contributed by atoms with Crippen molar-refractivity contribution in [1.82, 2.24) is 9.78 Å². The van der Waals surface area contributed by atoms with Crippen LogP contribution in [0.5, 0.6) is 0 Å². The van der Waals surface area contributed by atoms with E-state index in [0.717, 1.165) is 16.5 Å². The first-order valence-corrected chi connectivity index (χ1v) is 8.90. The Bertz CT molecular complexity index is 998. The van der Waals surface area contributed by atoms with E-state index in [4.69, 9.17) is 11.6 Å². The van der Waals surface area contributed by atoms with Crippen molar-refractivity contribution in [2.45, 2.75) is 26.6 Å². The first-order valence-electron chi connectivity index (χ1n) is 8.52. The third-order valence-corrected chi connectivity index (χ3v) is 4.46. The highest BCUT2D eigenvalue weighted by molar-refractivity contribution is 6.31. The van der Waals surface area contributed by atoms with Gasteiger partial charge in [-0.3, -0.25) is 9.48 Å². The van der Waals surface area contributed by atoms with Gasteiger partial charge in [0.25, 0.3) is 0 Å². The highest BCUT2D eigenvalue weighted by atomic mass is 35.5. The fraction of sp³-hybridized carbons (Fsp3) is 0.300. The quantitative estimate of drug-likeness (QED) is 0.522. The van der Waals surface area contributed by atoms with Gasteiger partial charge in [-0.05, 0) is 32.0 Å². The molecule has 0 amide bonds. The Hall–Kier alpha value is -2.54. The number of carbonyl (C=O) groups is 1. The summed E-state index contributed by atoms with van der Waals surface area (Å²) in [5.74, 6) is -0.941. The van der Waals surface area contributed by atoms with E-state index in [2.05, 4.69) is 9.84 Å². The van der Waals surface area contributed by atoms with E-state index in [-0.39, 0.29) is 6.54 Å². The van der Waals surface area contributed by atoms with E-state index in [1.54, 1.807) is 22.9 Å². The first-order chi connectivity index (χ1) is 13.1. The lowest BCUT2D eigenvalue weighted by atomic mass is 9.94. The van der Waals surface area contributed by atoms with Crippen LogP contribution in [0.4, 0.5) is 13.2 Å². The molecule has 28 heavy (non-hydrogen) atoms. The lowest BCUT2D eigenvalue weighted by molar-refractivity contribution is -0.193. The maximum absolute atomic E-state index is 12.4. The first kappa shape index (κ1) is 20.2. The van der Waals surface area contributed by atoms with Gasteiger partial charge in [-0.25, -0.2) is 0 Å². The standard InChI is InChI=1S/C20H18ClF3N2O2/c1-19(2,18(27)28-12-20(22,23)24)11-26-16-9-8-14(21)10-15(16)17(25-26)13-6-4-3-5-7-13/h3-10H,11-12H2,1-2H3. The molecular weight excluding hydrogens is 393 g/mol. The summed E-state index contributed by atoms with van der Waals surface area (Å²) < 4.78 is 43.1. The summed E-state index contributed by atoms with van der Waals surface area (Å²) in [5, 5.41) is 5.93. The number of aromatic nitrogens is 2. The third-order valence-electron chi connectivity index (χ3n) is 4.22. The van der Waals surface area contributed by atoms with Crippen molar-refractivity contribution >= 4 is 28.5 Å². The number of hydrogen-bond donors (Lipinski definition) is 0. The van der Waals surface area contributed by atoms with E-state index in [1.807, 2.05) is 30.3 Å². The normalized spacial score (nSPS) is 12.4. The fourth-order valence-corrected chi connectivity index (χ4v) is 3.04. The van der Waals surface area contributed by atoms with Gasteiger partial charge in [0, 0.05) is 16.0 Å². The molecule has 4 nitrogen and oxygen atoms in total. The molecule has 148 valence electrons. The maximum Gasteiger partial charge on any atom is 0.422 e. The summed E-state index contributed by atoms with van der Waals surface area (Å²) in [5.41, 5.74) is 1.06. The van der Waals surface area contributed by atoms with Gasteiger partial charge in [0.05, 0.1) is 17.5 Å². The lowest BCUT2D eigenvalue weighted by Crippen LogP contribution is -2.34. The fourth-order valence-electron chi connectivity index (χ4n) is 2.86. The Balaban J connectivity index is 1.96. The van der Waals surface area contributed by atoms with Crippen molar-refractivity contribution in [3.63, 3.8) is 0 Å². The maximum atomic E-state index is 12.4. The highest BCUT2D eigenvalue weighted by Gasteiger charge is 2.36. The third kappa shape index (κ3) is 4.47. The highest BCUT2D eigenvalue weighted by Crippen LogP contribution is 2.32. The molecular formula is C20H18ClF3N2O2. The van der Waals surface area contributed by atoms with Gasteiger partial charge >= 0.3 is 12.1 Å². The van der Waals surface area contributed by atoms with Crippen molar-refractivity contribution in [3.8, 4) is 11.3 Å². The van der Waals surface area contributed by atoms with E-state index < -0.39 is 24.2 Å². The van der Waals surface area contributed by atoms with Gasteiger partial charge in [0.1, 0.15) is 5.69 Å². The number of esters is 1. The van der Waals surface area contributed by atoms with Crippen molar-refractivity contribution < 1.29 is 22.7 Å². The molecule has 0 aliphatic carbocycles. The number of nitrogens with zero attached hydrogens (tertiary/aromatic N) is 2. The summed E-state index contributed by atoms with van der Waals surface area (Å²) >= 11 is 6.14. The van der Waals surface area contributed by atoms with Crippen molar-refractivity contribution in [2.24, 2.45) is 5.41 Å². The van der Waals surface area contributed by atoms with Crippen LogP contribution in [0.1, 0.15) is 13.8 Å². The van der Waals surface area contributed by atoms with Gasteiger partial charge in [-0.2, -0.15) is 18.3 Å². The second-order valence-electron chi connectivity index (χ2n) is 7.11. The monoisotopic (exact) mass is 410 g/mol. The summed E-state index contributed by atoms with van der Waals surface area (Å²) in [6.07, 6.45) is -4.57. The van der Waals surface area contributed by atoms with Crippen LogP contribution in [0.15, 0.2) is 48.5 Å². The van der Waals surface area contributed by atoms with Gasteiger partial charge < -0.3 is 4.74 Å². The van der Waals surface area contributed by atoms with E-state index in [0.29, 0.717) is 10.7 Å². The van der Waals surface area contributed by atoms with Crippen LogP contribution in [0, 0.1) is 5.41 Å². The second-order valence-corrected chi connectivity index (χ2v) is 7.55. The largest absolute Gasteiger partial charge is 0.456 e. The molecule has 0 aliphatic heterocycles. The smallest absolute Gasteiger partial charge is 0.422 e. The molecule has 0 saturated carbocycles. The van der Waals surface area contributed by atoms with Gasteiger partial charge in [-0.15, -0.1) is 0 Å². The number of rotatable bonds is 5. The summed E-state index contributed by atoms with van der Waals surface area (Å²) in [6, 6.07) is 14.7. The predicted octanol–water partition coefficient (Wildman–Crippen LogP) is 5.49. The van der Waals surface area contributed by atoms with E-state index in [9.17, 15) is 18.0 Å². The van der Waals surface area contributed by atoms with Crippen LogP contribution in [0.25, 0.3) is 22.2 Å². The predicted molar refractivity (Wildman–Crippen MR) is 101 cm³/mol. The summed E-state index contributed by atoms with van der Waals surface area (Å²) in [7, 11) is 0. The van der Waals surface area contributed by atoms with Crippen LogP contribution in [-0.2, 0) is 16.1 Å². The number of benzene rings is 2. The SMILES string of the molecule is CC(C)(Cn1nc(-c2ccccc2)c2cc(Cl)ccc21)C(=O)OCC(F)(F)F. The minimum atomic E-state index is -4.57. The molecule has 0 aliphatic rings. The molecule has 0 bridgehead atoms. The molecule has 0 atom stereocenters. The molecule has 0 fully saturated rings. The minimum absolute atomic E-state index is 0.0503. The van der Waals surface area contributed by atoms with Crippen LogP contribution in [-0.4, -0.2) is 28.5 Å². The van der Waals surface area contributed by atoms with Gasteiger partial charge in [0.2, 0.25) is 0 Å². The Labute approximate surface area is 164 Å². The topological polar surface area (TPSA) is 44.1 Å². The van der Waals surface area contributed by atoms with Crippen LogP contribution < -0.4 is 0 Å². The minimum Gasteiger partial charge on any atom is -0.456 e. The van der Waals surface area contributed by atoms with Crippen molar-refractivity contribution in [3.05, 3.63) is 53.6 Å². The number of hydrogen-bond acceptors (Lipinski definition) is 3. The number of carbonyl (C=O) groups excluding carboxylic acids is 1. The van der Waals surface area contributed by atoms with Crippen LogP contribution in [0.3, 0.4) is 0 Å². The number of alkyl halides is 3. The average Bonchev–Trinajstić information content (AvgIpc) is 2.96. The summed E-state index contributed by atoms with van der Waals surface area (Å²) in [6.45, 7) is 1.49. The number of ether oxygens (including phenoxy) is 1. The molecule has 3 aromatic rings. The molecule has 0 radical (unpaired) electrons. The van der Waals surface area contributed by atoms with Gasteiger partial charge in [-0.1, -0.05) is 41.9 Å². The molecule has 0 N–H and O–H groups in total. The van der Waals surface area contributed by atoms with Crippen LogP contribution >= 0.6 is 11.6 Å². The summed E-state index contributed by atoms with van der Waals surface area (Å²) in [4.78, 5) is 12.2. The molecule has 2 aromatic carbocycles. The van der Waals surface area contributed by atoms with Crippen molar-refractivity contribution in [2.75, 3.05) is 6.61 Å². The molecule has 0 spiro atoms. The molecule has 1 aromatic heterocycles. The van der Waals surface area contributed by atoms with Gasteiger partial charge in [0.15, 0.2) is 6.61 Å². The number of fused-ring (bicyclic) bond motifs is 1. The van der Waals surface area contributed by atoms with Crippen molar-refractivity contribution in [1.29, 1.82) is 0 Å². The second kappa shape index (κ2) is 7.47. The molecule has 8 heteroatoms. The van der Waals surface area contributed by atoms with Crippen LogP contribution in [0.2, 0.25) is 5.02 Å². The van der Waals surface area contributed by atoms with E-state index >= 15 is 0 Å². The molecule has 0 saturated heterocycles. The lowest BCUT2D eigenvalue weighted by Gasteiger charge is -2.23. The Morgan fingerprint density at radius 3 is 2.46 bits per heavy atom. The zero-order valence-electron chi connectivity index (χ0n) is 15.3. The number of halogens is 4. The zero-order chi connectivity index (χ0) is 20.5.